The molecule has 0 aromatic carbocycles. The monoisotopic (exact) mass is 333 g/mol. The first-order valence-corrected chi connectivity index (χ1v) is 8.32. The number of furan rings is 1. The summed E-state index contributed by atoms with van der Waals surface area (Å²) in [5.41, 5.74) is -0.741. The van der Waals surface area contributed by atoms with E-state index < -0.39 is 5.54 Å². The molecule has 0 atom stereocenters. The van der Waals surface area contributed by atoms with Gasteiger partial charge in [0.1, 0.15) is 17.8 Å². The van der Waals surface area contributed by atoms with Crippen LogP contribution in [0.3, 0.4) is 0 Å². The second-order valence-electron chi connectivity index (χ2n) is 6.65. The number of rotatable bonds is 4. The van der Waals surface area contributed by atoms with Crippen LogP contribution in [0.2, 0.25) is 0 Å². The molecule has 2 heterocycles. The van der Waals surface area contributed by atoms with Crippen molar-refractivity contribution in [2.24, 2.45) is 0 Å². The van der Waals surface area contributed by atoms with Crippen LogP contribution in [0.25, 0.3) is 0 Å². The van der Waals surface area contributed by atoms with Gasteiger partial charge in [0.25, 0.3) is 5.91 Å². The Morgan fingerprint density at radius 3 is 2.62 bits per heavy atom. The summed E-state index contributed by atoms with van der Waals surface area (Å²) >= 11 is 0. The molecule has 0 N–H and O–H groups in total. The molecule has 0 unspecified atom stereocenters. The van der Waals surface area contributed by atoms with Crippen molar-refractivity contribution < 1.29 is 18.8 Å². The van der Waals surface area contributed by atoms with Crippen LogP contribution >= 0.6 is 0 Å². The standard InChI is InChI=1S/C17H23N3O4/c1-18(11-13-7-6-10-24-13)14(21)12-20-15(22)17(19(2)16(20)23)8-4-3-5-9-17/h6-7,10H,3-5,8-9,11-12H2,1-2H3. The fraction of sp³-hybridized carbons (Fsp3) is 0.588. The van der Waals surface area contributed by atoms with Crippen molar-refractivity contribution in [3.63, 3.8) is 0 Å². The molecule has 7 nitrogen and oxygen atoms in total. The van der Waals surface area contributed by atoms with E-state index in [0.29, 0.717) is 25.1 Å². The fourth-order valence-corrected chi connectivity index (χ4v) is 3.65. The van der Waals surface area contributed by atoms with E-state index in [0.717, 1.165) is 24.2 Å². The van der Waals surface area contributed by atoms with Gasteiger partial charge in [-0.25, -0.2) is 4.79 Å². The Balaban J connectivity index is 1.69. The van der Waals surface area contributed by atoms with E-state index in [9.17, 15) is 14.4 Å². The minimum Gasteiger partial charge on any atom is -0.467 e. The van der Waals surface area contributed by atoms with Crippen LogP contribution in [-0.4, -0.2) is 58.7 Å². The molecule has 0 radical (unpaired) electrons. The molecule has 1 aliphatic heterocycles. The molecule has 7 heteroatoms. The van der Waals surface area contributed by atoms with Crippen LogP contribution < -0.4 is 0 Å². The average molecular weight is 333 g/mol. The van der Waals surface area contributed by atoms with Crippen LogP contribution in [0.5, 0.6) is 0 Å². The van der Waals surface area contributed by atoms with Crippen LogP contribution in [0.1, 0.15) is 37.9 Å². The number of urea groups is 1. The fourth-order valence-electron chi connectivity index (χ4n) is 3.65. The topological polar surface area (TPSA) is 74.1 Å². The van der Waals surface area contributed by atoms with Crippen molar-refractivity contribution >= 4 is 17.8 Å². The highest BCUT2D eigenvalue weighted by Gasteiger charge is 2.55. The first-order chi connectivity index (χ1) is 11.5. The third-order valence-corrected chi connectivity index (χ3v) is 5.18. The number of nitrogens with zero attached hydrogens (tertiary/aromatic N) is 3. The van der Waals surface area contributed by atoms with Gasteiger partial charge < -0.3 is 14.2 Å². The smallest absolute Gasteiger partial charge is 0.327 e. The predicted molar refractivity (Wildman–Crippen MR) is 85.9 cm³/mol. The zero-order valence-corrected chi connectivity index (χ0v) is 14.2. The Kier molecular flexibility index (Phi) is 4.34. The van der Waals surface area contributed by atoms with E-state index in [1.165, 1.54) is 9.80 Å². The highest BCUT2D eigenvalue weighted by Crippen LogP contribution is 2.39. The Bertz CT molecular complexity index is 634. The zero-order chi connectivity index (χ0) is 17.3. The summed E-state index contributed by atoms with van der Waals surface area (Å²) in [6.45, 7) is 0.0873. The average Bonchev–Trinajstić information content (AvgIpc) is 3.15. The molecule has 4 amide bonds. The molecule has 1 saturated carbocycles. The van der Waals surface area contributed by atoms with Gasteiger partial charge in [-0.2, -0.15) is 0 Å². The van der Waals surface area contributed by atoms with E-state index in [2.05, 4.69) is 0 Å². The number of carbonyl (C=O) groups excluding carboxylic acids is 3. The number of amides is 4. The van der Waals surface area contributed by atoms with Gasteiger partial charge in [0, 0.05) is 14.1 Å². The molecular weight excluding hydrogens is 310 g/mol. The molecule has 3 rings (SSSR count). The second kappa shape index (κ2) is 6.30. The Labute approximate surface area is 141 Å². The third-order valence-electron chi connectivity index (χ3n) is 5.18. The van der Waals surface area contributed by atoms with Crippen LogP contribution in [0.15, 0.2) is 22.8 Å². The van der Waals surface area contributed by atoms with Gasteiger partial charge in [0.05, 0.1) is 12.8 Å². The van der Waals surface area contributed by atoms with Gasteiger partial charge >= 0.3 is 6.03 Å². The lowest BCUT2D eigenvalue weighted by Crippen LogP contribution is -2.49. The van der Waals surface area contributed by atoms with Crippen LogP contribution in [-0.2, 0) is 16.1 Å². The Morgan fingerprint density at radius 1 is 1.29 bits per heavy atom. The molecule has 1 aliphatic carbocycles. The maximum Gasteiger partial charge on any atom is 0.327 e. The summed E-state index contributed by atoms with van der Waals surface area (Å²) in [5.74, 6) is 0.148. The lowest BCUT2D eigenvalue weighted by molar-refractivity contribution is -0.140. The van der Waals surface area contributed by atoms with Gasteiger partial charge in [-0.15, -0.1) is 0 Å². The number of hydrogen-bond acceptors (Lipinski definition) is 4. The van der Waals surface area contributed by atoms with Crippen molar-refractivity contribution in [3.8, 4) is 0 Å². The molecule has 2 fully saturated rings. The molecule has 1 aromatic rings. The SMILES string of the molecule is CN(Cc1ccco1)C(=O)CN1C(=O)N(C)C2(CCCCC2)C1=O. The minimum atomic E-state index is -0.741. The first-order valence-electron chi connectivity index (χ1n) is 8.32. The van der Waals surface area contributed by atoms with E-state index >= 15 is 0 Å². The summed E-state index contributed by atoms with van der Waals surface area (Å²) < 4.78 is 5.22. The van der Waals surface area contributed by atoms with E-state index in [1.54, 1.807) is 32.5 Å². The van der Waals surface area contributed by atoms with Crippen molar-refractivity contribution in [3.05, 3.63) is 24.2 Å². The van der Waals surface area contributed by atoms with Crippen molar-refractivity contribution in [1.29, 1.82) is 0 Å². The quantitative estimate of drug-likeness (QED) is 0.788. The van der Waals surface area contributed by atoms with Gasteiger partial charge in [0.2, 0.25) is 5.91 Å². The molecule has 1 saturated heterocycles. The highest BCUT2D eigenvalue weighted by atomic mass is 16.3. The lowest BCUT2D eigenvalue weighted by Gasteiger charge is -2.35. The summed E-state index contributed by atoms with van der Waals surface area (Å²) in [4.78, 5) is 41.9. The van der Waals surface area contributed by atoms with Gasteiger partial charge in [0.15, 0.2) is 0 Å². The number of imide groups is 1. The summed E-state index contributed by atoms with van der Waals surface area (Å²) in [6.07, 6.45) is 5.86. The van der Waals surface area contributed by atoms with Crippen molar-refractivity contribution in [2.75, 3.05) is 20.6 Å². The summed E-state index contributed by atoms with van der Waals surface area (Å²) in [5, 5.41) is 0. The van der Waals surface area contributed by atoms with Crippen molar-refractivity contribution in [2.45, 2.75) is 44.2 Å². The zero-order valence-electron chi connectivity index (χ0n) is 14.2. The van der Waals surface area contributed by atoms with E-state index in [1.807, 2.05) is 0 Å². The molecule has 130 valence electrons. The second-order valence-corrected chi connectivity index (χ2v) is 6.65. The largest absolute Gasteiger partial charge is 0.467 e. The Hall–Kier alpha value is -2.31. The maximum absolute atomic E-state index is 12.9. The molecule has 1 aromatic heterocycles. The molecule has 24 heavy (non-hydrogen) atoms. The number of carbonyl (C=O) groups is 3. The first kappa shape index (κ1) is 16.5. The molecule has 2 aliphatic rings. The summed E-state index contributed by atoms with van der Waals surface area (Å²) in [7, 11) is 3.30. The minimum absolute atomic E-state index is 0.221. The third kappa shape index (κ3) is 2.68. The van der Waals surface area contributed by atoms with Crippen molar-refractivity contribution in [1.82, 2.24) is 14.7 Å². The van der Waals surface area contributed by atoms with E-state index in [-0.39, 0.29) is 24.4 Å². The van der Waals surface area contributed by atoms with E-state index in [4.69, 9.17) is 4.42 Å². The van der Waals surface area contributed by atoms with Crippen LogP contribution in [0, 0.1) is 0 Å². The highest BCUT2D eigenvalue weighted by molar-refractivity contribution is 6.08. The molecular formula is C17H23N3O4. The van der Waals surface area contributed by atoms with Gasteiger partial charge in [-0.3, -0.25) is 14.5 Å². The normalized spacial score (nSPS) is 20.1. The number of likely N-dealkylation sites (N-methyl/N-ethyl adjacent to an activating group) is 2. The molecule has 0 bridgehead atoms. The van der Waals surface area contributed by atoms with Gasteiger partial charge in [-0.05, 0) is 25.0 Å². The Morgan fingerprint density at radius 2 is 2.00 bits per heavy atom. The van der Waals surface area contributed by atoms with Gasteiger partial charge in [-0.1, -0.05) is 19.3 Å². The number of hydrogen-bond donors (Lipinski definition) is 0. The summed E-state index contributed by atoms with van der Waals surface area (Å²) in [6, 6.07) is 3.16. The lowest BCUT2D eigenvalue weighted by atomic mass is 9.81. The predicted octanol–water partition coefficient (Wildman–Crippen LogP) is 1.83. The molecule has 1 spiro atoms. The van der Waals surface area contributed by atoms with Crippen LogP contribution in [0.4, 0.5) is 4.79 Å². The maximum atomic E-state index is 12.9.